The Morgan fingerprint density at radius 3 is 2.77 bits per heavy atom. The summed E-state index contributed by atoms with van der Waals surface area (Å²) in [4.78, 5) is 7.33. The number of fused-ring (bicyclic) bond motifs is 1. The number of halogens is 2. The molecule has 0 aliphatic heterocycles. The molecule has 31 heavy (non-hydrogen) atoms. The van der Waals surface area contributed by atoms with Crippen molar-refractivity contribution in [1.82, 2.24) is 20.2 Å². The second kappa shape index (κ2) is 7.56. The van der Waals surface area contributed by atoms with E-state index in [1.54, 1.807) is 23.2 Å². The molecule has 0 atom stereocenters. The molecule has 3 aromatic heterocycles. The third-order valence-corrected chi connectivity index (χ3v) is 4.89. The smallest absolute Gasteiger partial charge is 0.234 e. The quantitative estimate of drug-likeness (QED) is 0.427. The first-order valence-electron chi connectivity index (χ1n) is 9.49. The maximum Gasteiger partial charge on any atom is 0.234 e. The fourth-order valence-electron chi connectivity index (χ4n) is 3.28. The largest absolute Gasteiger partial charge is 0.354 e. The lowest BCUT2D eigenvalue weighted by molar-refractivity contribution is -0.746. The summed E-state index contributed by atoms with van der Waals surface area (Å²) in [6.07, 6.45) is 5.06. The van der Waals surface area contributed by atoms with Gasteiger partial charge in [-0.1, -0.05) is 52.8 Å². The zero-order valence-electron chi connectivity index (χ0n) is 16.2. The van der Waals surface area contributed by atoms with Gasteiger partial charge in [0.05, 0.1) is 5.56 Å². The molecule has 0 amide bonds. The second-order valence-electron chi connectivity index (χ2n) is 6.96. The van der Waals surface area contributed by atoms with Crippen molar-refractivity contribution in [3.63, 3.8) is 0 Å². The molecule has 8 heteroatoms. The van der Waals surface area contributed by atoms with Gasteiger partial charge in [-0.25, -0.2) is 13.8 Å². The van der Waals surface area contributed by atoms with Crippen LogP contribution in [-0.2, 0) is 6.54 Å². The Balaban J connectivity index is 1.40. The molecule has 6 nitrogen and oxygen atoms in total. The first kappa shape index (κ1) is 18.8. The molecule has 5 rings (SSSR count). The highest BCUT2D eigenvalue weighted by Crippen LogP contribution is 2.24. The van der Waals surface area contributed by atoms with Crippen LogP contribution in [0.1, 0.15) is 11.3 Å². The number of H-pyrrole nitrogens is 1. The summed E-state index contributed by atoms with van der Waals surface area (Å²) in [6, 6.07) is 13.6. The number of hydrogen-bond donors (Lipinski definition) is 1. The fourth-order valence-corrected chi connectivity index (χ4v) is 3.28. The summed E-state index contributed by atoms with van der Waals surface area (Å²) in [5, 5.41) is 8.44. The molecule has 3 heterocycles. The van der Waals surface area contributed by atoms with Gasteiger partial charge < -0.3 is 9.51 Å². The van der Waals surface area contributed by atoms with Crippen LogP contribution in [0.2, 0.25) is 0 Å². The maximum atomic E-state index is 14.1. The third-order valence-electron chi connectivity index (χ3n) is 4.89. The van der Waals surface area contributed by atoms with Crippen LogP contribution >= 0.6 is 0 Å². The average molecular weight is 416 g/mol. The Morgan fingerprint density at radius 1 is 1.13 bits per heavy atom. The molecule has 0 aliphatic rings. The standard InChI is InChI=1S/C23H15F2N5O/c1-2-14-6-8-15(9-7-14)19-10-16(31-29-19)12-30-13-21-20(11-26-30)27-23(28-21)17-4-3-5-18(24)22(17)25/h2-11,13H,1,12H2/p+1. The van der Waals surface area contributed by atoms with Gasteiger partial charge in [-0.2, -0.15) is 0 Å². The monoisotopic (exact) mass is 416 g/mol. The summed E-state index contributed by atoms with van der Waals surface area (Å²) in [5.41, 5.74) is 3.91. The lowest BCUT2D eigenvalue weighted by Gasteiger charge is -1.99. The highest BCUT2D eigenvalue weighted by Gasteiger charge is 2.17. The van der Waals surface area contributed by atoms with Gasteiger partial charge in [0.1, 0.15) is 28.7 Å². The number of hydrogen-bond acceptors (Lipinski definition) is 4. The van der Waals surface area contributed by atoms with Crippen LogP contribution in [-0.4, -0.2) is 20.2 Å². The van der Waals surface area contributed by atoms with Crippen molar-refractivity contribution in [2.24, 2.45) is 0 Å². The molecule has 2 aromatic carbocycles. The van der Waals surface area contributed by atoms with Crippen molar-refractivity contribution >= 4 is 17.1 Å². The van der Waals surface area contributed by atoms with Crippen LogP contribution in [0.5, 0.6) is 0 Å². The molecule has 0 unspecified atom stereocenters. The van der Waals surface area contributed by atoms with E-state index in [0.717, 1.165) is 22.9 Å². The summed E-state index contributed by atoms with van der Waals surface area (Å²) < 4.78 is 34.7. The minimum atomic E-state index is -0.947. The fraction of sp³-hybridized carbons (Fsp3) is 0.0435. The van der Waals surface area contributed by atoms with Gasteiger partial charge in [-0.3, -0.25) is 0 Å². The van der Waals surface area contributed by atoms with Crippen molar-refractivity contribution in [2.75, 3.05) is 0 Å². The maximum absolute atomic E-state index is 14.1. The van der Waals surface area contributed by atoms with Gasteiger partial charge in [0.2, 0.25) is 18.5 Å². The molecule has 5 aromatic rings. The first-order valence-corrected chi connectivity index (χ1v) is 9.49. The molecular formula is C23H16F2N5O+. The van der Waals surface area contributed by atoms with Crippen molar-refractivity contribution in [3.05, 3.63) is 90.5 Å². The van der Waals surface area contributed by atoms with E-state index in [9.17, 15) is 8.78 Å². The highest BCUT2D eigenvalue weighted by atomic mass is 19.2. The van der Waals surface area contributed by atoms with Crippen LogP contribution in [0, 0.1) is 11.6 Å². The van der Waals surface area contributed by atoms with Gasteiger partial charge in [-0.15, -0.1) is 0 Å². The van der Waals surface area contributed by atoms with E-state index in [0.29, 0.717) is 23.3 Å². The van der Waals surface area contributed by atoms with Gasteiger partial charge in [0.25, 0.3) is 0 Å². The van der Waals surface area contributed by atoms with E-state index >= 15 is 0 Å². The molecule has 0 radical (unpaired) electrons. The van der Waals surface area contributed by atoms with Gasteiger partial charge in [0, 0.05) is 11.6 Å². The van der Waals surface area contributed by atoms with Crippen molar-refractivity contribution in [2.45, 2.75) is 6.54 Å². The van der Waals surface area contributed by atoms with E-state index in [1.165, 1.54) is 12.1 Å². The summed E-state index contributed by atoms with van der Waals surface area (Å²) in [5.74, 6) is -1.02. The lowest BCUT2D eigenvalue weighted by Crippen LogP contribution is -2.37. The van der Waals surface area contributed by atoms with E-state index in [1.807, 2.05) is 30.3 Å². The predicted molar refractivity (Wildman–Crippen MR) is 111 cm³/mol. The van der Waals surface area contributed by atoms with Crippen LogP contribution in [0.15, 0.2) is 72.0 Å². The minimum Gasteiger partial charge on any atom is -0.354 e. The van der Waals surface area contributed by atoms with Gasteiger partial charge >= 0.3 is 0 Å². The number of nitrogens with one attached hydrogen (secondary N) is 1. The first-order chi connectivity index (χ1) is 15.1. The van der Waals surface area contributed by atoms with E-state index in [2.05, 4.69) is 26.8 Å². The third kappa shape index (κ3) is 3.59. The zero-order chi connectivity index (χ0) is 21.4. The topological polar surface area (TPSA) is 71.5 Å². The van der Waals surface area contributed by atoms with Crippen molar-refractivity contribution in [1.29, 1.82) is 0 Å². The Hall–Kier alpha value is -4.20. The van der Waals surface area contributed by atoms with Crippen LogP contribution in [0.4, 0.5) is 8.78 Å². The zero-order valence-corrected chi connectivity index (χ0v) is 16.2. The average Bonchev–Trinajstić information content (AvgIpc) is 3.42. The predicted octanol–water partition coefficient (Wildman–Crippen LogP) is 4.54. The summed E-state index contributed by atoms with van der Waals surface area (Å²) in [6.45, 7) is 4.09. The molecule has 152 valence electrons. The lowest BCUT2D eigenvalue weighted by atomic mass is 10.1. The second-order valence-corrected chi connectivity index (χ2v) is 6.96. The highest BCUT2D eigenvalue weighted by molar-refractivity contribution is 5.77. The van der Waals surface area contributed by atoms with E-state index < -0.39 is 11.6 Å². The SMILES string of the molecule is C=Cc1ccc(-c2cc(C[n+]3cc4[nH]c(-c5cccc(F)c5F)nc4cn3)on2)cc1. The van der Waals surface area contributed by atoms with Crippen LogP contribution in [0.25, 0.3) is 39.8 Å². The number of nitrogens with zero attached hydrogens (tertiary/aromatic N) is 4. The van der Waals surface area contributed by atoms with Gasteiger partial charge in [0.15, 0.2) is 11.6 Å². The van der Waals surface area contributed by atoms with Crippen molar-refractivity contribution in [3.8, 4) is 22.6 Å². The van der Waals surface area contributed by atoms with E-state index in [-0.39, 0.29) is 11.4 Å². The Morgan fingerprint density at radius 2 is 1.97 bits per heavy atom. The molecule has 0 fully saturated rings. The molecule has 0 saturated heterocycles. The molecular weight excluding hydrogens is 400 g/mol. The van der Waals surface area contributed by atoms with E-state index in [4.69, 9.17) is 4.52 Å². The Bertz CT molecular complexity index is 1410. The molecule has 1 N–H and O–H groups in total. The number of imidazole rings is 1. The van der Waals surface area contributed by atoms with Crippen LogP contribution in [0.3, 0.4) is 0 Å². The van der Waals surface area contributed by atoms with Gasteiger partial charge in [-0.05, 0) is 22.8 Å². The summed E-state index contributed by atoms with van der Waals surface area (Å²) >= 11 is 0. The molecule has 0 aliphatic carbocycles. The molecule has 0 spiro atoms. The Labute approximate surface area is 175 Å². The number of aromatic amines is 1. The molecule has 0 bridgehead atoms. The minimum absolute atomic E-state index is 0.0603. The molecule has 0 saturated carbocycles. The number of aromatic nitrogens is 5. The van der Waals surface area contributed by atoms with Crippen LogP contribution < -0.4 is 4.68 Å². The number of benzene rings is 2. The van der Waals surface area contributed by atoms with Crippen molar-refractivity contribution < 1.29 is 18.0 Å². The Kier molecular flexibility index (Phi) is 4.59. The number of rotatable bonds is 5. The normalized spacial score (nSPS) is 11.2. The summed E-state index contributed by atoms with van der Waals surface area (Å²) in [7, 11) is 0.